The summed E-state index contributed by atoms with van der Waals surface area (Å²) in [5, 5.41) is 4.60. The van der Waals surface area contributed by atoms with E-state index in [0.29, 0.717) is 29.0 Å². The number of aromatic nitrogens is 2. The van der Waals surface area contributed by atoms with Gasteiger partial charge < -0.3 is 23.9 Å². The predicted octanol–water partition coefficient (Wildman–Crippen LogP) is 6.72. The largest absolute Gasteiger partial charge is 0.497 e. The molecule has 7 nitrogen and oxygen atoms in total. The quantitative estimate of drug-likeness (QED) is 0.299. The number of rotatable bonds is 7. The normalized spacial score (nSPS) is 14.5. The predicted molar refractivity (Wildman–Crippen MR) is 137 cm³/mol. The van der Waals surface area contributed by atoms with E-state index in [4.69, 9.17) is 18.6 Å². The van der Waals surface area contributed by atoms with Crippen molar-refractivity contribution < 1.29 is 18.6 Å². The van der Waals surface area contributed by atoms with Gasteiger partial charge in [-0.1, -0.05) is 37.8 Å². The minimum absolute atomic E-state index is 0.388. The van der Waals surface area contributed by atoms with Crippen LogP contribution in [0.15, 0.2) is 53.2 Å². The van der Waals surface area contributed by atoms with Gasteiger partial charge in [0.05, 0.1) is 26.7 Å². The van der Waals surface area contributed by atoms with E-state index in [9.17, 15) is 0 Å². The Balaban J connectivity index is 1.69. The number of methoxy groups -OCH3 is 3. The van der Waals surface area contributed by atoms with Gasteiger partial charge in [-0.15, -0.1) is 0 Å². The molecule has 1 N–H and O–H groups in total. The number of furan rings is 1. The number of anilines is 1. The van der Waals surface area contributed by atoms with E-state index in [1.165, 1.54) is 25.7 Å². The van der Waals surface area contributed by atoms with Gasteiger partial charge in [-0.3, -0.25) is 0 Å². The molecule has 2 heterocycles. The van der Waals surface area contributed by atoms with Crippen LogP contribution in [0.5, 0.6) is 17.2 Å². The third-order valence-electron chi connectivity index (χ3n) is 6.71. The molecular formula is C28H31N3O4. The summed E-state index contributed by atoms with van der Waals surface area (Å²) in [6.45, 7) is 0. The van der Waals surface area contributed by atoms with Crippen LogP contribution in [0.4, 0.5) is 5.82 Å². The van der Waals surface area contributed by atoms with Crippen LogP contribution >= 0.6 is 0 Å². The van der Waals surface area contributed by atoms with Gasteiger partial charge in [-0.05, 0) is 48.7 Å². The van der Waals surface area contributed by atoms with E-state index in [0.717, 1.165) is 46.5 Å². The van der Waals surface area contributed by atoms with Crippen molar-refractivity contribution in [3.05, 3.63) is 48.8 Å². The molecule has 4 aromatic rings. The second-order valence-electron chi connectivity index (χ2n) is 8.84. The molecule has 2 aromatic heterocycles. The molecule has 35 heavy (non-hydrogen) atoms. The lowest BCUT2D eigenvalue weighted by Crippen LogP contribution is -2.19. The number of benzene rings is 2. The number of nitrogens with one attached hydrogen (secondary N) is 1. The Labute approximate surface area is 205 Å². The Hall–Kier alpha value is -3.74. The Morgan fingerprint density at radius 1 is 0.800 bits per heavy atom. The first kappa shape index (κ1) is 23.0. The summed E-state index contributed by atoms with van der Waals surface area (Å²) < 4.78 is 22.8. The van der Waals surface area contributed by atoms with Crippen molar-refractivity contribution in [1.29, 1.82) is 0 Å². The van der Waals surface area contributed by atoms with Gasteiger partial charge in [0.15, 0.2) is 11.5 Å². The summed E-state index contributed by atoms with van der Waals surface area (Å²) in [5.41, 5.74) is 3.35. The molecule has 0 radical (unpaired) electrons. The van der Waals surface area contributed by atoms with Crippen LogP contribution in [0.2, 0.25) is 0 Å². The van der Waals surface area contributed by atoms with Gasteiger partial charge >= 0.3 is 0 Å². The highest BCUT2D eigenvalue weighted by Crippen LogP contribution is 2.45. The Morgan fingerprint density at radius 3 is 2.20 bits per heavy atom. The number of hydrogen-bond donors (Lipinski definition) is 1. The van der Waals surface area contributed by atoms with Crippen LogP contribution in [0.1, 0.15) is 38.5 Å². The molecular weight excluding hydrogens is 442 g/mol. The van der Waals surface area contributed by atoms with E-state index >= 15 is 0 Å². The molecule has 1 saturated carbocycles. The maximum absolute atomic E-state index is 6.41. The molecule has 0 amide bonds. The molecule has 182 valence electrons. The monoisotopic (exact) mass is 473 g/mol. The van der Waals surface area contributed by atoms with Crippen molar-refractivity contribution in [2.45, 2.75) is 44.6 Å². The van der Waals surface area contributed by atoms with Crippen molar-refractivity contribution in [1.82, 2.24) is 9.97 Å². The molecule has 7 heteroatoms. The highest BCUT2D eigenvalue weighted by atomic mass is 16.5. The molecule has 0 unspecified atom stereocenters. The van der Waals surface area contributed by atoms with Gasteiger partial charge in [0.25, 0.3) is 0 Å². The average Bonchev–Trinajstić information content (AvgIpc) is 3.11. The van der Waals surface area contributed by atoms with Crippen molar-refractivity contribution in [3.63, 3.8) is 0 Å². The van der Waals surface area contributed by atoms with Crippen LogP contribution in [-0.2, 0) is 0 Å². The van der Waals surface area contributed by atoms with Crippen molar-refractivity contribution in [2.24, 2.45) is 0 Å². The Bertz CT molecular complexity index is 1290. The van der Waals surface area contributed by atoms with Crippen molar-refractivity contribution >= 4 is 16.9 Å². The third-order valence-corrected chi connectivity index (χ3v) is 6.71. The summed E-state index contributed by atoms with van der Waals surface area (Å²) in [6, 6.07) is 14.1. The van der Waals surface area contributed by atoms with Crippen LogP contribution in [0, 0.1) is 0 Å². The molecule has 1 fully saturated rings. The second-order valence-corrected chi connectivity index (χ2v) is 8.84. The van der Waals surface area contributed by atoms with E-state index in [-0.39, 0.29) is 0 Å². The van der Waals surface area contributed by atoms with Gasteiger partial charge in [-0.25, -0.2) is 9.97 Å². The first-order valence-corrected chi connectivity index (χ1v) is 12.1. The molecule has 5 rings (SSSR count). The fourth-order valence-corrected chi connectivity index (χ4v) is 4.87. The van der Waals surface area contributed by atoms with E-state index in [1.54, 1.807) is 27.7 Å². The zero-order valence-electron chi connectivity index (χ0n) is 20.5. The number of ether oxygens (including phenoxy) is 3. The second kappa shape index (κ2) is 10.3. The molecule has 0 aliphatic heterocycles. The van der Waals surface area contributed by atoms with Gasteiger partial charge in [0.2, 0.25) is 5.71 Å². The summed E-state index contributed by atoms with van der Waals surface area (Å²) >= 11 is 0. The minimum Gasteiger partial charge on any atom is -0.497 e. The van der Waals surface area contributed by atoms with Crippen LogP contribution in [-0.4, -0.2) is 37.3 Å². The summed E-state index contributed by atoms with van der Waals surface area (Å²) in [5.74, 6) is 3.60. The Kier molecular flexibility index (Phi) is 6.75. The van der Waals surface area contributed by atoms with Crippen molar-refractivity contribution in [2.75, 3.05) is 26.6 Å². The average molecular weight is 474 g/mol. The van der Waals surface area contributed by atoms with Crippen molar-refractivity contribution in [3.8, 4) is 39.7 Å². The first-order chi connectivity index (χ1) is 17.2. The number of fused-ring (bicyclic) bond motifs is 1. The standard InChI is InChI=1S/C28H31N3O4/c1-32-21-13-10-18(11-14-21)24-25-27(31-20-8-6-4-5-7-9-20)29-17-30-28(25)35-26(24)19-12-15-22(33-2)23(16-19)34-3/h10-17,20H,4-9H2,1-3H3,(H,29,30,31). The fourth-order valence-electron chi connectivity index (χ4n) is 4.87. The molecule has 2 aromatic carbocycles. The lowest BCUT2D eigenvalue weighted by molar-refractivity contribution is 0.355. The highest BCUT2D eigenvalue weighted by molar-refractivity contribution is 6.06. The fraction of sp³-hybridized carbons (Fsp3) is 0.357. The summed E-state index contributed by atoms with van der Waals surface area (Å²) in [7, 11) is 4.92. The smallest absolute Gasteiger partial charge is 0.232 e. The highest BCUT2D eigenvalue weighted by Gasteiger charge is 2.24. The SMILES string of the molecule is COc1ccc(-c2c(-c3ccc(OC)c(OC)c3)oc3ncnc(NC4CCCCCC4)c23)cc1. The third kappa shape index (κ3) is 4.63. The van der Waals surface area contributed by atoms with Gasteiger partial charge in [0.1, 0.15) is 23.7 Å². The maximum Gasteiger partial charge on any atom is 0.232 e. The minimum atomic E-state index is 0.388. The van der Waals surface area contributed by atoms with E-state index in [1.807, 2.05) is 42.5 Å². The molecule has 1 aliphatic rings. The zero-order valence-corrected chi connectivity index (χ0v) is 20.5. The molecule has 0 spiro atoms. The van der Waals surface area contributed by atoms with Crippen LogP contribution in [0.25, 0.3) is 33.6 Å². The van der Waals surface area contributed by atoms with Crippen LogP contribution < -0.4 is 19.5 Å². The molecule has 0 saturated heterocycles. The summed E-state index contributed by atoms with van der Waals surface area (Å²) in [4.78, 5) is 9.17. The summed E-state index contributed by atoms with van der Waals surface area (Å²) in [6.07, 6.45) is 8.92. The lowest BCUT2D eigenvalue weighted by atomic mass is 9.98. The molecule has 1 aliphatic carbocycles. The zero-order chi connectivity index (χ0) is 24.2. The van der Waals surface area contributed by atoms with Gasteiger partial charge in [-0.2, -0.15) is 0 Å². The maximum atomic E-state index is 6.41. The van der Waals surface area contributed by atoms with Crippen LogP contribution in [0.3, 0.4) is 0 Å². The lowest BCUT2D eigenvalue weighted by Gasteiger charge is -2.17. The molecule has 0 bridgehead atoms. The topological polar surface area (TPSA) is 78.6 Å². The first-order valence-electron chi connectivity index (χ1n) is 12.1. The number of hydrogen-bond acceptors (Lipinski definition) is 7. The molecule has 0 atom stereocenters. The van der Waals surface area contributed by atoms with Gasteiger partial charge in [0, 0.05) is 17.2 Å². The van der Waals surface area contributed by atoms with E-state index in [2.05, 4.69) is 15.3 Å². The van der Waals surface area contributed by atoms with E-state index < -0.39 is 0 Å². The number of nitrogens with zero attached hydrogens (tertiary/aromatic N) is 2. The Morgan fingerprint density at radius 2 is 1.51 bits per heavy atom.